The van der Waals surface area contributed by atoms with Crippen molar-refractivity contribution in [2.75, 3.05) is 7.11 Å². The van der Waals surface area contributed by atoms with E-state index in [0.29, 0.717) is 0 Å². The Balaban J connectivity index is 2.23. The first kappa shape index (κ1) is 6.84. The Labute approximate surface area is 65.2 Å². The Morgan fingerprint density at radius 1 is 1.45 bits per heavy atom. The molecule has 0 aromatic rings. The average molecular weight is 151 g/mol. The number of rotatable bonds is 1. The molecule has 0 amide bonds. The first-order valence-electron chi connectivity index (χ1n) is 3.63. The molecular formula is C8H9NO2. The van der Waals surface area contributed by atoms with Crippen LogP contribution in [0.2, 0.25) is 0 Å². The van der Waals surface area contributed by atoms with Gasteiger partial charge in [-0.1, -0.05) is 12.2 Å². The van der Waals surface area contributed by atoms with Gasteiger partial charge in [0.25, 0.3) is 0 Å². The maximum atomic E-state index is 8.75. The minimum absolute atomic E-state index is 0.00894. The third-order valence-corrected chi connectivity index (χ3v) is 2.26. The fourth-order valence-electron chi connectivity index (χ4n) is 1.70. The predicted molar refractivity (Wildman–Crippen MR) is 37.7 cm³/mol. The predicted octanol–water partition coefficient (Wildman–Crippen LogP) is 0.478. The summed E-state index contributed by atoms with van der Waals surface area (Å²) >= 11 is 0. The van der Waals surface area contributed by atoms with Crippen molar-refractivity contribution in [3.05, 3.63) is 12.2 Å². The van der Waals surface area contributed by atoms with E-state index in [1.165, 1.54) is 0 Å². The second-order valence-electron chi connectivity index (χ2n) is 2.81. The summed E-state index contributed by atoms with van der Waals surface area (Å²) in [5, 5.41) is 8.75. The zero-order chi connectivity index (χ0) is 7.84. The van der Waals surface area contributed by atoms with E-state index in [2.05, 4.69) is 6.07 Å². The summed E-state index contributed by atoms with van der Waals surface area (Å²) in [7, 11) is 1.62. The summed E-state index contributed by atoms with van der Waals surface area (Å²) in [6, 6.07) is 2.20. The van der Waals surface area contributed by atoms with Crippen LogP contribution in [0.1, 0.15) is 0 Å². The maximum absolute atomic E-state index is 8.75. The van der Waals surface area contributed by atoms with Gasteiger partial charge in [0, 0.05) is 7.11 Å². The zero-order valence-corrected chi connectivity index (χ0v) is 6.23. The van der Waals surface area contributed by atoms with Crippen LogP contribution in [0.5, 0.6) is 0 Å². The Bertz CT molecular complexity index is 231. The molecule has 0 spiro atoms. The number of hydrogen-bond donors (Lipinski definition) is 0. The highest BCUT2D eigenvalue weighted by atomic mass is 16.6. The lowest BCUT2D eigenvalue weighted by Crippen LogP contribution is -2.29. The monoisotopic (exact) mass is 151 g/mol. The molecule has 0 aliphatic carbocycles. The summed E-state index contributed by atoms with van der Waals surface area (Å²) < 4.78 is 10.6. The molecule has 2 heterocycles. The SMILES string of the molecule is COC1C2C=CC(O2)C1C#N. The molecular weight excluding hydrogens is 142 g/mol. The highest BCUT2D eigenvalue weighted by Crippen LogP contribution is 2.35. The molecule has 3 heteroatoms. The summed E-state index contributed by atoms with van der Waals surface area (Å²) in [4.78, 5) is 0. The summed E-state index contributed by atoms with van der Waals surface area (Å²) in [6.45, 7) is 0. The molecule has 1 fully saturated rings. The van der Waals surface area contributed by atoms with Gasteiger partial charge in [-0.25, -0.2) is 0 Å². The van der Waals surface area contributed by atoms with Crippen LogP contribution in [0.4, 0.5) is 0 Å². The fraction of sp³-hybridized carbons (Fsp3) is 0.625. The molecule has 0 saturated carbocycles. The lowest BCUT2D eigenvalue weighted by molar-refractivity contribution is 0.0383. The molecule has 2 aliphatic heterocycles. The van der Waals surface area contributed by atoms with Crippen LogP contribution in [0.15, 0.2) is 12.2 Å². The van der Waals surface area contributed by atoms with Crippen molar-refractivity contribution in [2.45, 2.75) is 18.3 Å². The topological polar surface area (TPSA) is 42.2 Å². The number of nitriles is 1. The van der Waals surface area contributed by atoms with Crippen molar-refractivity contribution in [1.82, 2.24) is 0 Å². The molecule has 11 heavy (non-hydrogen) atoms. The summed E-state index contributed by atoms with van der Waals surface area (Å²) in [5.41, 5.74) is 0. The number of hydrogen-bond acceptors (Lipinski definition) is 3. The Kier molecular flexibility index (Phi) is 1.45. The number of nitrogens with zero attached hydrogens (tertiary/aromatic N) is 1. The van der Waals surface area contributed by atoms with Gasteiger partial charge < -0.3 is 9.47 Å². The van der Waals surface area contributed by atoms with Crippen molar-refractivity contribution in [3.8, 4) is 6.07 Å². The second-order valence-corrected chi connectivity index (χ2v) is 2.81. The van der Waals surface area contributed by atoms with Gasteiger partial charge in [0.15, 0.2) is 0 Å². The van der Waals surface area contributed by atoms with Gasteiger partial charge in [-0.3, -0.25) is 0 Å². The molecule has 3 nitrogen and oxygen atoms in total. The van der Waals surface area contributed by atoms with E-state index in [4.69, 9.17) is 14.7 Å². The average Bonchev–Trinajstić information content (AvgIpc) is 2.60. The van der Waals surface area contributed by atoms with E-state index in [1.807, 2.05) is 12.2 Å². The van der Waals surface area contributed by atoms with Crippen molar-refractivity contribution in [2.24, 2.45) is 5.92 Å². The van der Waals surface area contributed by atoms with E-state index in [0.717, 1.165) is 0 Å². The van der Waals surface area contributed by atoms with Gasteiger partial charge in [-0.15, -0.1) is 0 Å². The molecule has 0 aromatic heterocycles. The molecule has 0 N–H and O–H groups in total. The van der Waals surface area contributed by atoms with Gasteiger partial charge in [-0.05, 0) is 0 Å². The first-order chi connectivity index (χ1) is 5.36. The minimum atomic E-state index is -0.116. The van der Waals surface area contributed by atoms with Crippen LogP contribution >= 0.6 is 0 Å². The van der Waals surface area contributed by atoms with Crippen molar-refractivity contribution >= 4 is 0 Å². The minimum Gasteiger partial charge on any atom is -0.377 e. The molecule has 4 atom stereocenters. The van der Waals surface area contributed by atoms with Crippen LogP contribution in [-0.2, 0) is 9.47 Å². The van der Waals surface area contributed by atoms with Crippen molar-refractivity contribution in [3.63, 3.8) is 0 Å². The quantitative estimate of drug-likeness (QED) is 0.512. The lowest BCUT2D eigenvalue weighted by atomic mass is 9.93. The van der Waals surface area contributed by atoms with Gasteiger partial charge in [0.2, 0.25) is 0 Å². The largest absolute Gasteiger partial charge is 0.377 e. The van der Waals surface area contributed by atoms with E-state index in [-0.39, 0.29) is 24.2 Å². The van der Waals surface area contributed by atoms with Gasteiger partial charge in [-0.2, -0.15) is 5.26 Å². The van der Waals surface area contributed by atoms with Crippen LogP contribution in [0, 0.1) is 17.2 Å². The first-order valence-corrected chi connectivity index (χ1v) is 3.63. The van der Waals surface area contributed by atoms with Crippen LogP contribution in [0.3, 0.4) is 0 Å². The Morgan fingerprint density at radius 2 is 2.18 bits per heavy atom. The zero-order valence-electron chi connectivity index (χ0n) is 6.23. The number of ether oxygens (including phenoxy) is 2. The summed E-state index contributed by atoms with van der Waals surface area (Å²) in [5.74, 6) is -0.116. The third-order valence-electron chi connectivity index (χ3n) is 2.26. The molecule has 2 aliphatic rings. The highest BCUT2D eigenvalue weighted by molar-refractivity contribution is 5.20. The Morgan fingerprint density at radius 3 is 2.73 bits per heavy atom. The molecule has 0 radical (unpaired) electrons. The van der Waals surface area contributed by atoms with E-state index in [9.17, 15) is 0 Å². The third kappa shape index (κ3) is 0.802. The van der Waals surface area contributed by atoms with Crippen LogP contribution in [0.25, 0.3) is 0 Å². The standard InChI is InChI=1S/C8H9NO2/c1-10-8-5(4-9)6-2-3-7(8)11-6/h2-3,5-8H,1H3. The number of methoxy groups -OCH3 is 1. The fourth-order valence-corrected chi connectivity index (χ4v) is 1.70. The Hall–Kier alpha value is -0.850. The van der Waals surface area contributed by atoms with Crippen LogP contribution < -0.4 is 0 Å². The lowest BCUT2D eigenvalue weighted by Gasteiger charge is -2.17. The molecule has 2 bridgehead atoms. The van der Waals surface area contributed by atoms with Gasteiger partial charge in [0.1, 0.15) is 18.1 Å². The van der Waals surface area contributed by atoms with E-state index >= 15 is 0 Å². The molecule has 58 valence electrons. The molecule has 4 unspecified atom stereocenters. The van der Waals surface area contributed by atoms with Gasteiger partial charge in [0.05, 0.1) is 12.2 Å². The second kappa shape index (κ2) is 2.33. The van der Waals surface area contributed by atoms with Gasteiger partial charge >= 0.3 is 0 Å². The van der Waals surface area contributed by atoms with E-state index in [1.54, 1.807) is 7.11 Å². The van der Waals surface area contributed by atoms with Crippen molar-refractivity contribution in [1.29, 1.82) is 5.26 Å². The van der Waals surface area contributed by atoms with Crippen LogP contribution in [-0.4, -0.2) is 25.4 Å². The van der Waals surface area contributed by atoms with E-state index < -0.39 is 0 Å². The smallest absolute Gasteiger partial charge is 0.106 e. The number of fused-ring (bicyclic) bond motifs is 2. The molecule has 2 rings (SSSR count). The molecule has 1 saturated heterocycles. The normalized spacial score (nSPS) is 46.2. The molecule has 0 aromatic carbocycles. The maximum Gasteiger partial charge on any atom is 0.106 e. The summed E-state index contributed by atoms with van der Waals surface area (Å²) in [6.07, 6.45) is 3.82. The van der Waals surface area contributed by atoms with Crippen molar-refractivity contribution < 1.29 is 9.47 Å². The highest BCUT2D eigenvalue weighted by Gasteiger charge is 2.46.